The zero-order valence-corrected chi connectivity index (χ0v) is 21.5. The Morgan fingerprint density at radius 2 is 1.69 bits per heavy atom. The van der Waals surface area contributed by atoms with Gasteiger partial charge in [0.15, 0.2) is 5.16 Å². The Morgan fingerprint density at radius 1 is 0.944 bits per heavy atom. The molecule has 36 heavy (non-hydrogen) atoms. The fourth-order valence-electron chi connectivity index (χ4n) is 4.41. The number of amides is 1. The van der Waals surface area contributed by atoms with Crippen molar-refractivity contribution in [3.63, 3.8) is 0 Å². The third kappa shape index (κ3) is 4.28. The molecule has 0 saturated carbocycles. The van der Waals surface area contributed by atoms with Crippen LogP contribution in [0.2, 0.25) is 0 Å². The van der Waals surface area contributed by atoms with Crippen LogP contribution in [-0.4, -0.2) is 42.8 Å². The van der Waals surface area contributed by atoms with E-state index in [-0.39, 0.29) is 17.2 Å². The van der Waals surface area contributed by atoms with Gasteiger partial charge in [-0.2, -0.15) is 0 Å². The summed E-state index contributed by atoms with van der Waals surface area (Å²) < 4.78 is 3.47. The summed E-state index contributed by atoms with van der Waals surface area (Å²) in [5.74, 6) is 0.625. The number of para-hydroxylation sites is 2. The van der Waals surface area contributed by atoms with Crippen LogP contribution in [0.3, 0.4) is 0 Å². The quantitative estimate of drug-likeness (QED) is 0.318. The molecule has 0 saturated heterocycles. The molecule has 0 fully saturated rings. The van der Waals surface area contributed by atoms with Gasteiger partial charge in [0, 0.05) is 13.6 Å². The summed E-state index contributed by atoms with van der Waals surface area (Å²) in [4.78, 5) is 28.2. The highest BCUT2D eigenvalue weighted by molar-refractivity contribution is 7.99. The van der Waals surface area contributed by atoms with Gasteiger partial charge in [0.05, 0.1) is 22.3 Å². The van der Waals surface area contributed by atoms with Crippen molar-refractivity contribution >= 4 is 34.3 Å². The van der Waals surface area contributed by atoms with Gasteiger partial charge in [-0.15, -0.1) is 10.2 Å². The van der Waals surface area contributed by atoms with Crippen LogP contribution >= 0.6 is 11.8 Å². The van der Waals surface area contributed by atoms with Gasteiger partial charge in [-0.05, 0) is 55.7 Å². The van der Waals surface area contributed by atoms with E-state index >= 15 is 0 Å². The van der Waals surface area contributed by atoms with Crippen LogP contribution < -0.4 is 5.56 Å². The highest BCUT2D eigenvalue weighted by Crippen LogP contribution is 2.24. The van der Waals surface area contributed by atoms with Gasteiger partial charge in [0.2, 0.25) is 11.7 Å². The number of carbonyl (C=O) groups is 1. The predicted octanol–water partition coefficient (Wildman–Crippen LogP) is 4.71. The van der Waals surface area contributed by atoms with Crippen molar-refractivity contribution < 1.29 is 4.79 Å². The van der Waals surface area contributed by atoms with E-state index in [0.717, 1.165) is 16.8 Å². The van der Waals surface area contributed by atoms with E-state index in [1.165, 1.54) is 22.9 Å². The molecule has 0 radical (unpaired) electrons. The van der Waals surface area contributed by atoms with Crippen LogP contribution in [-0.2, 0) is 11.3 Å². The van der Waals surface area contributed by atoms with E-state index in [0.29, 0.717) is 28.4 Å². The molecule has 1 amide bonds. The largest absolute Gasteiger partial charge is 0.341 e. The van der Waals surface area contributed by atoms with Crippen molar-refractivity contribution in [3.8, 4) is 5.69 Å². The summed E-state index contributed by atoms with van der Waals surface area (Å²) in [5, 5.41) is 9.90. The first-order valence-corrected chi connectivity index (χ1v) is 12.7. The van der Waals surface area contributed by atoms with Crippen molar-refractivity contribution in [2.24, 2.45) is 0 Å². The summed E-state index contributed by atoms with van der Waals surface area (Å²) >= 11 is 1.32. The minimum Gasteiger partial charge on any atom is -0.341 e. The van der Waals surface area contributed by atoms with Crippen LogP contribution in [0, 0.1) is 20.8 Å². The fourth-order valence-corrected chi connectivity index (χ4v) is 5.29. The summed E-state index contributed by atoms with van der Waals surface area (Å²) in [6.07, 6.45) is 0. The molecule has 5 rings (SSSR count). The Hall–Kier alpha value is -3.91. The minimum atomic E-state index is -0.152. The highest BCUT2D eigenvalue weighted by atomic mass is 32.2. The molecule has 7 nitrogen and oxygen atoms in total. The Bertz CT molecular complexity index is 1670. The number of nitrogens with zero attached hydrogens (tertiary/aromatic N) is 5. The number of hydrogen-bond acceptors (Lipinski definition) is 5. The van der Waals surface area contributed by atoms with Gasteiger partial charge >= 0.3 is 0 Å². The maximum atomic E-state index is 13.5. The molecule has 3 aromatic carbocycles. The Balaban J connectivity index is 1.49. The first-order chi connectivity index (χ1) is 17.3. The smallest absolute Gasteiger partial charge is 0.267 e. The molecule has 0 N–H and O–H groups in total. The molecular formula is C28H27N5O2S. The van der Waals surface area contributed by atoms with E-state index < -0.39 is 0 Å². The van der Waals surface area contributed by atoms with Crippen molar-refractivity contribution in [3.05, 3.63) is 99.3 Å². The Morgan fingerprint density at radius 3 is 2.47 bits per heavy atom. The van der Waals surface area contributed by atoms with Gasteiger partial charge in [0.1, 0.15) is 0 Å². The SMILES string of the molecule is Cc1ccc(CN(C)C(=O)CSc2nnc3n(-c4ccccc4C)c(=O)c4ccccc4n23)c(C)c1. The maximum absolute atomic E-state index is 13.5. The molecule has 0 atom stereocenters. The van der Waals surface area contributed by atoms with Gasteiger partial charge in [-0.1, -0.05) is 65.9 Å². The lowest BCUT2D eigenvalue weighted by molar-refractivity contribution is -0.127. The molecule has 8 heteroatoms. The van der Waals surface area contributed by atoms with Gasteiger partial charge in [-0.25, -0.2) is 4.57 Å². The van der Waals surface area contributed by atoms with E-state index in [4.69, 9.17) is 0 Å². The Labute approximate surface area is 213 Å². The van der Waals surface area contributed by atoms with E-state index in [1.807, 2.05) is 66.9 Å². The van der Waals surface area contributed by atoms with Gasteiger partial charge in [0.25, 0.3) is 5.56 Å². The Kier molecular flexibility index (Phi) is 6.36. The molecule has 182 valence electrons. The molecule has 0 spiro atoms. The van der Waals surface area contributed by atoms with Crippen molar-refractivity contribution in [2.75, 3.05) is 12.8 Å². The third-order valence-electron chi connectivity index (χ3n) is 6.41. The number of hydrogen-bond donors (Lipinski definition) is 0. The predicted molar refractivity (Wildman–Crippen MR) is 144 cm³/mol. The normalized spacial score (nSPS) is 11.3. The summed E-state index contributed by atoms with van der Waals surface area (Å²) in [6, 6.07) is 21.4. The van der Waals surface area contributed by atoms with Crippen molar-refractivity contribution in [1.82, 2.24) is 24.1 Å². The second-order valence-corrected chi connectivity index (χ2v) is 9.97. The molecular weight excluding hydrogens is 470 g/mol. The number of carbonyl (C=O) groups excluding carboxylic acids is 1. The van der Waals surface area contributed by atoms with Crippen LogP contribution in [0.4, 0.5) is 0 Å². The zero-order valence-electron chi connectivity index (χ0n) is 20.7. The molecule has 0 aliphatic rings. The second kappa shape index (κ2) is 9.62. The van der Waals surface area contributed by atoms with Gasteiger partial charge in [-0.3, -0.25) is 14.0 Å². The van der Waals surface area contributed by atoms with Crippen molar-refractivity contribution in [2.45, 2.75) is 32.5 Å². The van der Waals surface area contributed by atoms with Crippen molar-refractivity contribution in [1.29, 1.82) is 0 Å². The molecule has 0 unspecified atom stereocenters. The van der Waals surface area contributed by atoms with Gasteiger partial charge < -0.3 is 4.90 Å². The van der Waals surface area contributed by atoms with E-state index in [1.54, 1.807) is 9.47 Å². The number of thioether (sulfide) groups is 1. The summed E-state index contributed by atoms with van der Waals surface area (Å²) in [7, 11) is 1.81. The standard InChI is InChI=1S/C28H27N5O2S/c1-18-13-14-21(20(3)15-18)16-31(4)25(34)17-36-28-30-29-27-32(23-11-7-5-9-19(23)2)26(35)22-10-6-8-12-24(22)33(27)28/h5-15H,16-17H2,1-4H3. The van der Waals surface area contributed by atoms with Crippen LogP contribution in [0.15, 0.2) is 76.7 Å². The maximum Gasteiger partial charge on any atom is 0.267 e. The van der Waals surface area contributed by atoms with E-state index in [2.05, 4.69) is 42.2 Å². The second-order valence-electron chi connectivity index (χ2n) is 9.03. The fraction of sp³-hybridized carbons (Fsp3) is 0.214. The summed E-state index contributed by atoms with van der Waals surface area (Å²) in [5.41, 5.74) is 5.78. The average Bonchev–Trinajstić information content (AvgIpc) is 3.29. The summed E-state index contributed by atoms with van der Waals surface area (Å²) in [6.45, 7) is 6.63. The number of rotatable bonds is 6. The third-order valence-corrected chi connectivity index (χ3v) is 7.32. The first kappa shape index (κ1) is 23.8. The van der Waals surface area contributed by atoms with Crippen LogP contribution in [0.1, 0.15) is 22.3 Å². The molecule has 2 heterocycles. The van der Waals surface area contributed by atoms with E-state index in [9.17, 15) is 9.59 Å². The molecule has 0 aliphatic carbocycles. The highest BCUT2D eigenvalue weighted by Gasteiger charge is 2.20. The average molecular weight is 498 g/mol. The number of aryl methyl sites for hydroxylation is 3. The number of aromatic nitrogens is 4. The lowest BCUT2D eigenvalue weighted by atomic mass is 10.1. The monoisotopic (exact) mass is 497 g/mol. The number of benzene rings is 3. The lowest BCUT2D eigenvalue weighted by Crippen LogP contribution is -2.28. The minimum absolute atomic E-state index is 0.00624. The first-order valence-electron chi connectivity index (χ1n) is 11.7. The molecule has 5 aromatic rings. The molecule has 2 aromatic heterocycles. The van der Waals surface area contributed by atoms with Crippen LogP contribution in [0.5, 0.6) is 0 Å². The molecule has 0 aliphatic heterocycles. The van der Waals surface area contributed by atoms with Crippen LogP contribution in [0.25, 0.3) is 22.4 Å². The number of fused-ring (bicyclic) bond motifs is 3. The topological polar surface area (TPSA) is 72.5 Å². The lowest BCUT2D eigenvalue weighted by Gasteiger charge is -2.18. The molecule has 0 bridgehead atoms. The zero-order chi connectivity index (χ0) is 25.4.